The quantitative estimate of drug-likeness (QED) is 0.556. The minimum absolute atomic E-state index is 0.0122. The Morgan fingerprint density at radius 3 is 2.69 bits per heavy atom. The standard InChI is InChI=1S/C8H16N2O3/c1-8(2,12)5-10-7(11)13-6-3-9-4-6/h6,9,12H,3-5H2,1-2H3,(H,10,11). The summed E-state index contributed by atoms with van der Waals surface area (Å²) in [6.45, 7) is 4.88. The van der Waals surface area contributed by atoms with Crippen molar-refractivity contribution in [2.75, 3.05) is 19.6 Å². The van der Waals surface area contributed by atoms with E-state index in [9.17, 15) is 9.90 Å². The van der Waals surface area contributed by atoms with Crippen LogP contribution in [0.15, 0.2) is 0 Å². The molecule has 1 amide bonds. The zero-order chi connectivity index (χ0) is 9.90. The molecule has 5 nitrogen and oxygen atoms in total. The molecule has 0 radical (unpaired) electrons. The van der Waals surface area contributed by atoms with Crippen LogP contribution in [0.5, 0.6) is 0 Å². The largest absolute Gasteiger partial charge is 0.444 e. The van der Waals surface area contributed by atoms with Crippen molar-refractivity contribution in [3.8, 4) is 0 Å². The Kier molecular flexibility index (Phi) is 3.11. The fraction of sp³-hybridized carbons (Fsp3) is 0.875. The molecule has 3 N–H and O–H groups in total. The van der Waals surface area contributed by atoms with Crippen molar-refractivity contribution in [3.63, 3.8) is 0 Å². The van der Waals surface area contributed by atoms with Crippen molar-refractivity contribution < 1.29 is 14.6 Å². The molecular weight excluding hydrogens is 172 g/mol. The highest BCUT2D eigenvalue weighted by molar-refractivity contribution is 5.67. The van der Waals surface area contributed by atoms with E-state index in [1.54, 1.807) is 13.8 Å². The lowest BCUT2D eigenvalue weighted by molar-refractivity contribution is 0.0499. The third-order valence-corrected chi connectivity index (χ3v) is 1.68. The second-order valence-electron chi connectivity index (χ2n) is 3.85. The number of amides is 1. The third kappa shape index (κ3) is 4.10. The molecule has 1 heterocycles. The van der Waals surface area contributed by atoms with Crippen LogP contribution in [-0.2, 0) is 4.74 Å². The predicted octanol–water partition coefficient (Wildman–Crippen LogP) is -0.545. The van der Waals surface area contributed by atoms with Crippen LogP contribution in [0.4, 0.5) is 4.79 Å². The molecule has 1 aliphatic heterocycles. The summed E-state index contributed by atoms with van der Waals surface area (Å²) in [5.74, 6) is 0. The zero-order valence-electron chi connectivity index (χ0n) is 7.96. The van der Waals surface area contributed by atoms with Crippen LogP contribution in [-0.4, -0.2) is 42.5 Å². The summed E-state index contributed by atoms with van der Waals surface area (Å²) in [6.07, 6.45) is -0.476. The predicted molar refractivity (Wildman–Crippen MR) is 47.4 cm³/mol. The van der Waals surface area contributed by atoms with Crippen molar-refractivity contribution in [1.29, 1.82) is 0 Å². The molecule has 0 atom stereocenters. The van der Waals surface area contributed by atoms with Gasteiger partial charge in [0.15, 0.2) is 0 Å². The molecule has 0 saturated carbocycles. The smallest absolute Gasteiger partial charge is 0.407 e. The Morgan fingerprint density at radius 2 is 2.31 bits per heavy atom. The number of rotatable bonds is 3. The van der Waals surface area contributed by atoms with Crippen LogP contribution in [0, 0.1) is 0 Å². The van der Waals surface area contributed by atoms with E-state index in [0.29, 0.717) is 0 Å². The lowest BCUT2D eigenvalue weighted by Gasteiger charge is -2.27. The van der Waals surface area contributed by atoms with E-state index in [4.69, 9.17) is 4.74 Å². The first-order valence-electron chi connectivity index (χ1n) is 4.35. The van der Waals surface area contributed by atoms with Gasteiger partial charge in [-0.2, -0.15) is 0 Å². The summed E-state index contributed by atoms with van der Waals surface area (Å²) >= 11 is 0. The topological polar surface area (TPSA) is 70.6 Å². The molecule has 0 bridgehead atoms. The van der Waals surface area contributed by atoms with Crippen molar-refractivity contribution in [3.05, 3.63) is 0 Å². The van der Waals surface area contributed by atoms with Crippen LogP contribution in [0.25, 0.3) is 0 Å². The van der Waals surface area contributed by atoms with Crippen molar-refractivity contribution in [2.24, 2.45) is 0 Å². The monoisotopic (exact) mass is 188 g/mol. The van der Waals surface area contributed by atoms with Crippen LogP contribution in [0.3, 0.4) is 0 Å². The molecule has 0 spiro atoms. The lowest BCUT2D eigenvalue weighted by Crippen LogP contribution is -2.51. The second kappa shape index (κ2) is 3.93. The van der Waals surface area contributed by atoms with Crippen LogP contribution < -0.4 is 10.6 Å². The molecule has 76 valence electrons. The summed E-state index contributed by atoms with van der Waals surface area (Å²) in [6, 6.07) is 0. The molecule has 13 heavy (non-hydrogen) atoms. The molecular formula is C8H16N2O3. The molecule has 0 unspecified atom stereocenters. The first-order chi connectivity index (χ1) is 5.97. The third-order valence-electron chi connectivity index (χ3n) is 1.68. The van der Waals surface area contributed by atoms with E-state index in [-0.39, 0.29) is 12.6 Å². The number of carbonyl (C=O) groups excluding carboxylic acids is 1. The average molecular weight is 188 g/mol. The molecule has 1 rings (SSSR count). The molecule has 1 fully saturated rings. The van der Waals surface area contributed by atoms with Crippen LogP contribution in [0.2, 0.25) is 0 Å². The van der Waals surface area contributed by atoms with Gasteiger partial charge >= 0.3 is 6.09 Å². The Labute approximate surface area is 77.5 Å². The van der Waals surface area contributed by atoms with Crippen molar-refractivity contribution in [2.45, 2.75) is 25.6 Å². The van der Waals surface area contributed by atoms with Gasteiger partial charge in [0.05, 0.1) is 5.60 Å². The SMILES string of the molecule is CC(C)(O)CNC(=O)OC1CNC1. The normalized spacial score (nSPS) is 17.8. The van der Waals surface area contributed by atoms with Crippen LogP contribution >= 0.6 is 0 Å². The van der Waals surface area contributed by atoms with Crippen LogP contribution in [0.1, 0.15) is 13.8 Å². The van der Waals surface area contributed by atoms with Gasteiger partial charge in [0.25, 0.3) is 0 Å². The maximum absolute atomic E-state index is 11.0. The Balaban J connectivity index is 2.10. The molecule has 0 aromatic heterocycles. The Morgan fingerprint density at radius 1 is 1.69 bits per heavy atom. The molecule has 0 aromatic rings. The number of carbonyl (C=O) groups is 1. The fourth-order valence-electron chi connectivity index (χ4n) is 0.827. The minimum Gasteiger partial charge on any atom is -0.444 e. The van der Waals surface area contributed by atoms with E-state index in [2.05, 4.69) is 10.6 Å². The number of hydrogen-bond donors (Lipinski definition) is 3. The number of alkyl carbamates (subject to hydrolysis) is 1. The highest BCUT2D eigenvalue weighted by Crippen LogP contribution is 2.00. The van der Waals surface area contributed by atoms with Gasteiger partial charge in [0.2, 0.25) is 0 Å². The molecule has 0 aromatic carbocycles. The van der Waals surface area contributed by atoms with Gasteiger partial charge < -0.3 is 20.5 Å². The maximum atomic E-state index is 11.0. The summed E-state index contributed by atoms with van der Waals surface area (Å²) in [7, 11) is 0. The Hall–Kier alpha value is -0.810. The number of hydrogen-bond acceptors (Lipinski definition) is 4. The van der Waals surface area contributed by atoms with E-state index in [1.807, 2.05) is 0 Å². The van der Waals surface area contributed by atoms with Gasteiger partial charge in [-0.25, -0.2) is 4.79 Å². The van der Waals surface area contributed by atoms with E-state index < -0.39 is 11.7 Å². The summed E-state index contributed by atoms with van der Waals surface area (Å²) in [4.78, 5) is 11.0. The molecule has 1 aliphatic rings. The Bertz CT molecular complexity index is 184. The van der Waals surface area contributed by atoms with E-state index in [1.165, 1.54) is 0 Å². The van der Waals surface area contributed by atoms with Gasteiger partial charge in [-0.1, -0.05) is 0 Å². The average Bonchev–Trinajstić information content (AvgIpc) is 1.91. The minimum atomic E-state index is -0.892. The summed E-state index contributed by atoms with van der Waals surface area (Å²) in [5.41, 5.74) is -0.892. The molecule has 1 saturated heterocycles. The van der Waals surface area contributed by atoms with Crippen molar-refractivity contribution >= 4 is 6.09 Å². The number of aliphatic hydroxyl groups is 1. The van der Waals surface area contributed by atoms with Gasteiger partial charge in [-0.15, -0.1) is 0 Å². The van der Waals surface area contributed by atoms with Gasteiger partial charge in [0, 0.05) is 19.6 Å². The zero-order valence-corrected chi connectivity index (χ0v) is 7.96. The lowest BCUT2D eigenvalue weighted by atomic mass is 10.1. The van der Waals surface area contributed by atoms with Gasteiger partial charge in [-0.3, -0.25) is 0 Å². The highest BCUT2D eigenvalue weighted by atomic mass is 16.6. The van der Waals surface area contributed by atoms with Crippen molar-refractivity contribution in [1.82, 2.24) is 10.6 Å². The first kappa shape index (κ1) is 10.3. The van der Waals surface area contributed by atoms with E-state index in [0.717, 1.165) is 13.1 Å². The second-order valence-corrected chi connectivity index (χ2v) is 3.85. The van der Waals surface area contributed by atoms with E-state index >= 15 is 0 Å². The maximum Gasteiger partial charge on any atom is 0.407 e. The summed E-state index contributed by atoms with van der Waals surface area (Å²) < 4.78 is 4.96. The highest BCUT2D eigenvalue weighted by Gasteiger charge is 2.22. The van der Waals surface area contributed by atoms with Gasteiger partial charge in [-0.05, 0) is 13.8 Å². The number of ether oxygens (including phenoxy) is 1. The first-order valence-corrected chi connectivity index (χ1v) is 4.35. The molecule has 5 heteroatoms. The summed E-state index contributed by atoms with van der Waals surface area (Å²) in [5, 5.41) is 14.8. The fourth-order valence-corrected chi connectivity index (χ4v) is 0.827. The number of nitrogens with one attached hydrogen (secondary N) is 2. The molecule has 0 aliphatic carbocycles. The van der Waals surface area contributed by atoms with Gasteiger partial charge in [0.1, 0.15) is 6.10 Å².